The number of nitrogens with zero attached hydrogens (tertiary/aromatic N) is 18. The zero-order chi connectivity index (χ0) is 99.3. The van der Waals surface area contributed by atoms with Gasteiger partial charge in [-0.15, -0.1) is 0 Å². The summed E-state index contributed by atoms with van der Waals surface area (Å²) in [6.07, 6.45) is 28.2. The average molecular weight is 1890 g/mol. The number of aromatic nitrogens is 18. The van der Waals surface area contributed by atoms with Gasteiger partial charge in [-0.1, -0.05) is 179 Å². The van der Waals surface area contributed by atoms with Gasteiger partial charge in [-0.05, 0) is 217 Å². The van der Waals surface area contributed by atoms with E-state index in [1.165, 1.54) is 0 Å². The van der Waals surface area contributed by atoms with Crippen molar-refractivity contribution in [2.45, 2.75) is 97.8 Å². The number of rotatable bonds is 20. The van der Waals surface area contributed by atoms with E-state index in [0.29, 0.717) is 47.6 Å². The Morgan fingerprint density at radius 1 is 0.292 bits per heavy atom. The topological polar surface area (TPSA) is 262 Å². The Labute approximate surface area is 831 Å². The van der Waals surface area contributed by atoms with Gasteiger partial charge in [-0.25, -0.2) is 0 Å². The van der Waals surface area contributed by atoms with Crippen LogP contribution in [0.2, 0.25) is 0 Å². The first kappa shape index (κ1) is 93.8. The summed E-state index contributed by atoms with van der Waals surface area (Å²) in [5.74, 6) is 0.767. The number of ether oxygens (including phenoxy) is 1. The summed E-state index contributed by atoms with van der Waals surface area (Å²) in [5.41, 5.74) is 23.7. The largest absolute Gasteiger partial charge is 0.495 e. The molecule has 0 amide bonds. The molecule has 23 heteroatoms. The molecule has 0 bridgehead atoms. The number of methoxy groups -OCH3 is 1. The molecule has 16 aromatic heterocycles. The number of hydrogen-bond donors (Lipinski definition) is 0. The molecule has 0 saturated carbocycles. The second kappa shape index (κ2) is 40.9. The van der Waals surface area contributed by atoms with E-state index < -0.39 is 0 Å². The number of para-hydroxylation sites is 3. The second-order valence-electron chi connectivity index (χ2n) is 36.8. The summed E-state index contributed by atoms with van der Waals surface area (Å²) >= 11 is 0. The van der Waals surface area contributed by atoms with Crippen LogP contribution in [0.25, 0.3) is 148 Å². The fourth-order valence-electron chi connectivity index (χ4n) is 20.0. The monoisotopic (exact) mass is 1890 g/mol. The van der Waals surface area contributed by atoms with Crippen LogP contribution in [0.5, 0.6) is 5.75 Å². The smallest absolute Gasteiger partial charge is 0.263 e. The quantitative estimate of drug-likeness (QED) is 0.0686. The van der Waals surface area contributed by atoms with Crippen molar-refractivity contribution in [3.8, 4) is 67.3 Å². The zero-order valence-corrected chi connectivity index (χ0v) is 81.8. The van der Waals surface area contributed by atoms with E-state index in [1.54, 1.807) is 64.4 Å². The number of fused-ring (bicyclic) bond motifs is 8. The number of hydrogen-bond acceptors (Lipinski definition) is 17. The normalized spacial score (nSPS) is 12.2. The molecule has 0 aliphatic carbocycles. The molecule has 23 aromatic rings. The predicted molar refractivity (Wildman–Crippen MR) is 576 cm³/mol. The van der Waals surface area contributed by atoms with Crippen molar-refractivity contribution in [2.75, 3.05) is 7.11 Å². The first-order valence-corrected chi connectivity index (χ1v) is 48.2. The van der Waals surface area contributed by atoms with Gasteiger partial charge in [-0.2, -0.15) is 10.2 Å². The van der Waals surface area contributed by atoms with E-state index in [0.717, 1.165) is 195 Å². The molecule has 16 heterocycles. The maximum Gasteiger partial charge on any atom is 0.263 e. The Bertz CT molecular complexity index is 9050. The molecule has 23 nitrogen and oxygen atoms in total. The molecule has 0 radical (unpaired) electrons. The highest BCUT2D eigenvalue weighted by molar-refractivity contribution is 6.01. The molecular weight excluding hydrogens is 1790 g/mol. The fraction of sp³-hybridized carbons (Fsp3) is 0.157. The van der Waals surface area contributed by atoms with Crippen molar-refractivity contribution < 1.29 is 4.74 Å². The Kier molecular flexibility index (Phi) is 26.6. The molecule has 23 rings (SSSR count). The molecule has 7 aromatic carbocycles. The Balaban J connectivity index is 0.000000117. The molecule has 4 atom stereocenters. The molecule has 0 spiro atoms. The van der Waals surface area contributed by atoms with Crippen molar-refractivity contribution in [1.29, 1.82) is 0 Å². The highest BCUT2D eigenvalue weighted by Gasteiger charge is 2.28. The summed E-state index contributed by atoms with van der Waals surface area (Å²) in [6, 6.07) is 90.0. The van der Waals surface area contributed by atoms with Crippen LogP contribution in [0.1, 0.15) is 114 Å². The number of benzene rings is 7. The summed E-state index contributed by atoms with van der Waals surface area (Å²) in [6.45, 7) is 14.6. The molecule has 0 unspecified atom stereocenters. The maximum atomic E-state index is 14.4. The number of pyridine rings is 14. The van der Waals surface area contributed by atoms with Crippen LogP contribution in [0, 0.1) is 20.8 Å². The van der Waals surface area contributed by atoms with Crippen LogP contribution in [0.3, 0.4) is 0 Å². The third kappa shape index (κ3) is 18.8. The Morgan fingerprint density at radius 2 is 0.646 bits per heavy atom. The van der Waals surface area contributed by atoms with E-state index >= 15 is 0 Å². The average Bonchev–Trinajstić information content (AvgIpc) is 1.22. The fourth-order valence-corrected chi connectivity index (χ4v) is 20.0. The lowest BCUT2D eigenvalue weighted by molar-refractivity contribution is 0.413. The van der Waals surface area contributed by atoms with E-state index in [-0.39, 0.29) is 45.9 Å². The molecule has 0 saturated heterocycles. The highest BCUT2D eigenvalue weighted by atomic mass is 16.5. The highest BCUT2D eigenvalue weighted by Crippen LogP contribution is 2.39. The van der Waals surface area contributed by atoms with Crippen molar-refractivity contribution >= 4 is 86.7 Å². The van der Waals surface area contributed by atoms with Gasteiger partial charge in [0.05, 0.1) is 91.6 Å². The minimum absolute atomic E-state index is 0.00260. The van der Waals surface area contributed by atoms with Gasteiger partial charge in [-0.3, -0.25) is 92.1 Å². The lowest BCUT2D eigenvalue weighted by Gasteiger charge is -2.21. The van der Waals surface area contributed by atoms with E-state index in [9.17, 15) is 19.2 Å². The molecular formula is C121H104N18O5. The maximum absolute atomic E-state index is 14.4. The van der Waals surface area contributed by atoms with Crippen LogP contribution in [-0.4, -0.2) is 94.8 Å². The lowest BCUT2D eigenvalue weighted by Crippen LogP contribution is -2.24. The minimum Gasteiger partial charge on any atom is -0.495 e. The summed E-state index contributed by atoms with van der Waals surface area (Å²) in [4.78, 5) is 102. The SMILES string of the molecule is COc1cncc(-c2cccc3cc([C@H](C)Cc4nccc5cccnc45)n(-c4ccccc4)c(=O)c23)c1.C[C@H](Cc1nccc2cccnc12)c1cc2cccc(-c3cnn(C)c3)c2c(=O)n1C.Cc1cc(-c2cccc3cc([C@H](C)Cc4nccc5cccnc45)n(-c4ccccc4)c(=O)c23)cnc1C.Cc1nn(C)cc1-c1cccc2cc([C@H](C)Cc3nccc4cccnc34)n(-c3ccccc3)c(=O)c12. The van der Waals surface area contributed by atoms with Crippen molar-refractivity contribution in [3.63, 3.8) is 0 Å². The standard InChI is InChI=1S/C33H28N4O.C32H26N4O2.C31H27N5O.C25H23N5O/c1-21-17-26(20-36-23(21)3)28-13-7-9-25-19-30(37(33(38)31(25)28)27-11-5-4-6-12-27)22(2)18-29-32-24(14-16-34-29)10-8-15-35-32;1-21(16-28-31-22(13-15-34-28)9-7-14-35-31)29-18-23-8-6-12-27(24-17-26(38-2)20-33-19-24)30(23)32(37)36(29)25-10-4-3-5-11-25;1-20(17-27-30-22(14-16-32-27)10-8-15-33-30)28-18-23-9-7-13-25(26-19-35(3)34-21(26)2)29(23)31(37)36(28)24-11-5-4-6-12-24;1-16(12-21-24-17(9-11-26-21)7-5-10-27-24)22-13-18-6-4-8-20(19-14-28-29(2)15-19)23(18)25(31)30(22)3/h4-17,19-20,22H,18H2,1-3H3;3-15,17-21H,16H2,1-2H3;4-16,18-20H,17H2,1-3H3;4-11,13-16H,12H2,1-3H3/t22-;21-;20-;16-/m1111/s1. The van der Waals surface area contributed by atoms with Crippen molar-refractivity contribution in [1.82, 2.24) is 87.7 Å². The van der Waals surface area contributed by atoms with Crippen LogP contribution in [0.4, 0.5) is 0 Å². The zero-order valence-electron chi connectivity index (χ0n) is 81.8. The summed E-state index contributed by atoms with van der Waals surface area (Å²) in [5, 5.41) is 19.5. The van der Waals surface area contributed by atoms with Gasteiger partial charge in [0.15, 0.2) is 0 Å². The summed E-state index contributed by atoms with van der Waals surface area (Å²) in [7, 11) is 7.24. The second-order valence-corrected chi connectivity index (χ2v) is 36.8. The van der Waals surface area contributed by atoms with Gasteiger partial charge >= 0.3 is 0 Å². The van der Waals surface area contributed by atoms with E-state index in [2.05, 4.69) is 137 Å². The van der Waals surface area contributed by atoms with E-state index in [1.807, 2.05) is 323 Å². The third-order valence-electron chi connectivity index (χ3n) is 27.2. The van der Waals surface area contributed by atoms with Gasteiger partial charge in [0, 0.05) is 209 Å². The van der Waals surface area contributed by atoms with Crippen LogP contribution < -0.4 is 27.0 Å². The molecule has 0 N–H and O–H groups in total. The first-order chi connectivity index (χ1) is 70.2. The van der Waals surface area contributed by atoms with Crippen LogP contribution >= 0.6 is 0 Å². The Morgan fingerprint density at radius 3 is 1.01 bits per heavy atom. The molecule has 0 aliphatic heterocycles. The van der Waals surface area contributed by atoms with Gasteiger partial charge < -0.3 is 9.30 Å². The molecule has 0 aliphatic rings. The lowest BCUT2D eigenvalue weighted by atomic mass is 9.94. The van der Waals surface area contributed by atoms with Gasteiger partial charge in [0.1, 0.15) is 5.75 Å². The Hall–Kier alpha value is -17.9. The molecule has 708 valence electrons. The predicted octanol–water partition coefficient (Wildman–Crippen LogP) is 23.5. The van der Waals surface area contributed by atoms with Gasteiger partial charge in [0.2, 0.25) is 0 Å². The first-order valence-electron chi connectivity index (χ1n) is 48.2. The van der Waals surface area contributed by atoms with Crippen LogP contribution in [0.15, 0.2) is 379 Å². The van der Waals surface area contributed by atoms with E-state index in [4.69, 9.17) is 4.74 Å². The minimum atomic E-state index is -0.0713. The third-order valence-corrected chi connectivity index (χ3v) is 27.2. The molecule has 144 heavy (non-hydrogen) atoms. The number of aryl methyl sites for hydroxylation is 5. The van der Waals surface area contributed by atoms with Crippen molar-refractivity contribution in [3.05, 3.63) is 464 Å². The van der Waals surface area contributed by atoms with Gasteiger partial charge in [0.25, 0.3) is 22.2 Å². The molecule has 0 fully saturated rings. The summed E-state index contributed by atoms with van der Waals surface area (Å²) < 4.78 is 16.3. The van der Waals surface area contributed by atoms with Crippen molar-refractivity contribution in [2.24, 2.45) is 21.1 Å². The van der Waals surface area contributed by atoms with Crippen LogP contribution in [-0.2, 0) is 46.8 Å².